The van der Waals surface area contributed by atoms with Crippen LogP contribution in [0.1, 0.15) is 18.5 Å². The molecule has 0 amide bonds. The number of nitrogens with two attached hydrogens (primary N) is 1. The van der Waals surface area contributed by atoms with Crippen LogP contribution in [0.3, 0.4) is 0 Å². The first kappa shape index (κ1) is 12.7. The van der Waals surface area contributed by atoms with Gasteiger partial charge in [0, 0.05) is 6.04 Å². The van der Waals surface area contributed by atoms with Gasteiger partial charge in [0.05, 0.1) is 11.0 Å². The average molecular weight is 269 g/mol. The number of nitrogen functional groups attached to an aromatic ring is 1. The Morgan fingerprint density at radius 1 is 1.15 bits per heavy atom. The third-order valence-electron chi connectivity index (χ3n) is 3.51. The summed E-state index contributed by atoms with van der Waals surface area (Å²) in [5, 5.41) is 0. The van der Waals surface area contributed by atoms with E-state index in [0.29, 0.717) is 5.95 Å². The van der Waals surface area contributed by atoms with Crippen molar-refractivity contribution in [3.63, 3.8) is 0 Å². The molecule has 0 aliphatic carbocycles. The quantitative estimate of drug-likeness (QED) is 0.790. The van der Waals surface area contributed by atoms with Crippen LogP contribution in [-0.4, -0.2) is 9.55 Å². The van der Waals surface area contributed by atoms with E-state index in [-0.39, 0.29) is 11.9 Å². The van der Waals surface area contributed by atoms with Gasteiger partial charge in [0.15, 0.2) is 0 Å². The van der Waals surface area contributed by atoms with Gasteiger partial charge >= 0.3 is 0 Å². The molecular formula is C16H16FN3. The lowest BCUT2D eigenvalue weighted by Gasteiger charge is -2.16. The summed E-state index contributed by atoms with van der Waals surface area (Å²) < 4.78 is 15.0. The fourth-order valence-corrected chi connectivity index (χ4v) is 2.58. The molecule has 0 radical (unpaired) electrons. The van der Waals surface area contributed by atoms with Gasteiger partial charge in [-0.3, -0.25) is 0 Å². The minimum absolute atomic E-state index is 0.160. The lowest BCUT2D eigenvalue weighted by molar-refractivity contribution is 0.565. The van der Waals surface area contributed by atoms with Crippen LogP contribution < -0.4 is 5.73 Å². The summed E-state index contributed by atoms with van der Waals surface area (Å²) in [5.74, 6) is 0.301. The Morgan fingerprint density at radius 2 is 1.85 bits per heavy atom. The number of fused-ring (bicyclic) bond motifs is 1. The highest BCUT2D eigenvalue weighted by atomic mass is 19.1. The smallest absolute Gasteiger partial charge is 0.201 e. The zero-order valence-corrected chi connectivity index (χ0v) is 11.3. The molecule has 0 aliphatic rings. The largest absolute Gasteiger partial charge is 0.369 e. The molecule has 1 heterocycles. The molecule has 3 aromatic rings. The van der Waals surface area contributed by atoms with Crippen molar-refractivity contribution in [3.8, 4) is 0 Å². The number of benzene rings is 2. The predicted molar refractivity (Wildman–Crippen MR) is 79.0 cm³/mol. The molecule has 0 saturated carbocycles. The van der Waals surface area contributed by atoms with Gasteiger partial charge in [-0.05, 0) is 43.2 Å². The number of hydrogen-bond acceptors (Lipinski definition) is 2. The molecule has 2 aromatic carbocycles. The molecule has 0 spiro atoms. The highest BCUT2D eigenvalue weighted by Crippen LogP contribution is 2.24. The number of imidazole rings is 1. The van der Waals surface area contributed by atoms with E-state index >= 15 is 0 Å². The first-order chi connectivity index (χ1) is 9.65. The van der Waals surface area contributed by atoms with Crippen molar-refractivity contribution in [1.29, 1.82) is 0 Å². The fourth-order valence-electron chi connectivity index (χ4n) is 2.58. The summed E-state index contributed by atoms with van der Waals surface area (Å²) in [6, 6.07) is 14.6. The lowest BCUT2D eigenvalue weighted by atomic mass is 10.1. The second-order valence-electron chi connectivity index (χ2n) is 5.01. The molecule has 20 heavy (non-hydrogen) atoms. The first-order valence-electron chi connectivity index (χ1n) is 6.62. The maximum Gasteiger partial charge on any atom is 0.201 e. The third-order valence-corrected chi connectivity index (χ3v) is 3.51. The third kappa shape index (κ3) is 2.25. The molecule has 0 fully saturated rings. The Bertz CT molecular complexity index is 731. The summed E-state index contributed by atoms with van der Waals surface area (Å²) in [6.45, 7) is 2.09. The zero-order valence-electron chi connectivity index (χ0n) is 11.3. The minimum atomic E-state index is -0.214. The number of hydrogen-bond donors (Lipinski definition) is 1. The molecular weight excluding hydrogens is 253 g/mol. The molecule has 1 unspecified atom stereocenters. The zero-order chi connectivity index (χ0) is 14.1. The Kier molecular flexibility index (Phi) is 3.14. The molecule has 4 heteroatoms. The van der Waals surface area contributed by atoms with E-state index in [2.05, 4.69) is 11.9 Å². The van der Waals surface area contributed by atoms with Gasteiger partial charge in [0.25, 0.3) is 0 Å². The molecule has 0 bridgehead atoms. The molecule has 0 saturated heterocycles. The summed E-state index contributed by atoms with van der Waals surface area (Å²) in [7, 11) is 0. The lowest BCUT2D eigenvalue weighted by Crippen LogP contribution is -2.11. The standard InChI is InChI=1S/C16H16FN3/c1-11(10-12-6-8-13(17)9-7-12)20-15-5-3-2-4-14(15)19-16(20)18/h2-9,11H,10H2,1H3,(H2,18,19). The van der Waals surface area contributed by atoms with Crippen molar-refractivity contribution in [2.24, 2.45) is 0 Å². The summed E-state index contributed by atoms with van der Waals surface area (Å²) in [6.07, 6.45) is 0.783. The van der Waals surface area contributed by atoms with E-state index in [4.69, 9.17) is 5.73 Å². The Balaban J connectivity index is 1.94. The number of rotatable bonds is 3. The normalized spacial score (nSPS) is 12.7. The van der Waals surface area contributed by atoms with E-state index in [1.807, 2.05) is 28.8 Å². The van der Waals surface area contributed by atoms with Crippen LogP contribution in [0.4, 0.5) is 10.3 Å². The molecule has 3 rings (SSSR count). The minimum Gasteiger partial charge on any atom is -0.369 e. The Hall–Kier alpha value is -2.36. The number of para-hydroxylation sites is 2. The Labute approximate surface area is 116 Å². The maximum atomic E-state index is 12.9. The van der Waals surface area contributed by atoms with Crippen molar-refractivity contribution in [2.45, 2.75) is 19.4 Å². The van der Waals surface area contributed by atoms with E-state index in [9.17, 15) is 4.39 Å². The van der Waals surface area contributed by atoms with Crippen LogP contribution in [-0.2, 0) is 6.42 Å². The molecule has 1 atom stereocenters. The van der Waals surface area contributed by atoms with Crippen molar-refractivity contribution >= 4 is 17.0 Å². The highest BCUT2D eigenvalue weighted by molar-refractivity contribution is 5.78. The number of nitrogens with zero attached hydrogens (tertiary/aromatic N) is 2. The van der Waals surface area contributed by atoms with Gasteiger partial charge in [0.2, 0.25) is 5.95 Å². The van der Waals surface area contributed by atoms with Crippen LogP contribution in [0.5, 0.6) is 0 Å². The van der Waals surface area contributed by atoms with E-state index in [1.54, 1.807) is 12.1 Å². The van der Waals surface area contributed by atoms with Gasteiger partial charge in [-0.1, -0.05) is 24.3 Å². The van der Waals surface area contributed by atoms with Crippen LogP contribution in [0, 0.1) is 5.82 Å². The van der Waals surface area contributed by atoms with Crippen molar-refractivity contribution in [2.75, 3.05) is 5.73 Å². The van der Waals surface area contributed by atoms with Gasteiger partial charge < -0.3 is 10.3 Å². The van der Waals surface area contributed by atoms with Gasteiger partial charge in [-0.25, -0.2) is 9.37 Å². The second-order valence-corrected chi connectivity index (χ2v) is 5.01. The van der Waals surface area contributed by atoms with Crippen LogP contribution in [0.2, 0.25) is 0 Å². The molecule has 0 aliphatic heterocycles. The summed E-state index contributed by atoms with van der Waals surface area (Å²) in [5.41, 5.74) is 9.03. The average Bonchev–Trinajstić information content (AvgIpc) is 2.77. The van der Waals surface area contributed by atoms with E-state index in [1.165, 1.54) is 12.1 Å². The monoisotopic (exact) mass is 269 g/mol. The predicted octanol–water partition coefficient (Wildman–Crippen LogP) is 3.56. The SMILES string of the molecule is CC(Cc1ccc(F)cc1)n1c(N)nc2ccccc21. The molecule has 2 N–H and O–H groups in total. The first-order valence-corrected chi connectivity index (χ1v) is 6.62. The number of anilines is 1. The summed E-state index contributed by atoms with van der Waals surface area (Å²) >= 11 is 0. The highest BCUT2D eigenvalue weighted by Gasteiger charge is 2.14. The second kappa shape index (κ2) is 4.96. The van der Waals surface area contributed by atoms with Crippen LogP contribution in [0.25, 0.3) is 11.0 Å². The fraction of sp³-hybridized carbons (Fsp3) is 0.188. The Morgan fingerprint density at radius 3 is 2.60 bits per heavy atom. The van der Waals surface area contributed by atoms with E-state index < -0.39 is 0 Å². The van der Waals surface area contributed by atoms with Crippen molar-refractivity contribution < 1.29 is 4.39 Å². The number of aromatic nitrogens is 2. The van der Waals surface area contributed by atoms with Gasteiger partial charge in [-0.15, -0.1) is 0 Å². The number of halogens is 1. The topological polar surface area (TPSA) is 43.8 Å². The van der Waals surface area contributed by atoms with Crippen LogP contribution in [0.15, 0.2) is 48.5 Å². The summed E-state index contributed by atoms with van der Waals surface area (Å²) in [4.78, 5) is 4.37. The van der Waals surface area contributed by atoms with Crippen molar-refractivity contribution in [3.05, 3.63) is 59.9 Å². The molecule has 1 aromatic heterocycles. The van der Waals surface area contributed by atoms with Gasteiger partial charge in [0.1, 0.15) is 5.82 Å². The van der Waals surface area contributed by atoms with Gasteiger partial charge in [-0.2, -0.15) is 0 Å². The molecule has 3 nitrogen and oxygen atoms in total. The van der Waals surface area contributed by atoms with Crippen LogP contribution >= 0.6 is 0 Å². The maximum absolute atomic E-state index is 12.9. The van der Waals surface area contributed by atoms with Crippen molar-refractivity contribution in [1.82, 2.24) is 9.55 Å². The van der Waals surface area contributed by atoms with E-state index in [0.717, 1.165) is 23.0 Å². The molecule has 102 valence electrons.